The number of thiazole rings is 1. The number of carbonyl (C=O) groups is 1. The molecular weight excluding hydrogens is 325 g/mol. The number of nitrogens with zero attached hydrogens (tertiary/aromatic N) is 3. The van der Waals surface area contributed by atoms with Crippen LogP contribution >= 0.6 is 11.3 Å². The summed E-state index contributed by atoms with van der Waals surface area (Å²) in [6.45, 7) is 7.19. The molecule has 6 heteroatoms. The molecule has 2 aromatic rings. The van der Waals surface area contributed by atoms with Crippen molar-refractivity contribution in [2.45, 2.75) is 20.3 Å². The molecule has 0 radical (unpaired) electrons. The summed E-state index contributed by atoms with van der Waals surface area (Å²) < 4.78 is 13.4. The quantitative estimate of drug-likeness (QED) is 0.847. The minimum absolute atomic E-state index is 0.240. The first-order valence-electron chi connectivity index (χ1n) is 8.27. The highest BCUT2D eigenvalue weighted by Gasteiger charge is 2.23. The van der Waals surface area contributed by atoms with Crippen LogP contribution in [-0.4, -0.2) is 42.0 Å². The molecule has 3 rings (SSSR count). The lowest BCUT2D eigenvalue weighted by molar-refractivity contribution is -0.132. The molecule has 1 aliphatic rings. The molecule has 0 N–H and O–H groups in total. The van der Waals surface area contributed by atoms with Crippen molar-refractivity contribution >= 4 is 22.4 Å². The Labute approximate surface area is 145 Å². The van der Waals surface area contributed by atoms with Gasteiger partial charge in [-0.2, -0.15) is 0 Å². The highest BCUT2D eigenvalue weighted by Crippen LogP contribution is 2.28. The predicted octanol–water partition coefficient (Wildman–Crippen LogP) is 3.64. The fourth-order valence-electron chi connectivity index (χ4n) is 2.82. The molecule has 1 saturated heterocycles. The second-order valence-electron chi connectivity index (χ2n) is 6.49. The number of hydrogen-bond donors (Lipinski definition) is 0. The SMILES string of the molecule is CC(C)CC(=O)N1CCN(c2nc(-c3cccc(F)c3)cs2)CC1. The average Bonchev–Trinajstić information content (AvgIpc) is 3.04. The van der Waals surface area contributed by atoms with E-state index < -0.39 is 0 Å². The number of benzene rings is 1. The molecule has 128 valence electrons. The third-order valence-electron chi connectivity index (χ3n) is 4.10. The highest BCUT2D eigenvalue weighted by molar-refractivity contribution is 7.14. The van der Waals surface area contributed by atoms with Gasteiger partial charge < -0.3 is 9.80 Å². The summed E-state index contributed by atoms with van der Waals surface area (Å²) in [6.07, 6.45) is 0.612. The van der Waals surface area contributed by atoms with Crippen molar-refractivity contribution in [2.75, 3.05) is 31.1 Å². The van der Waals surface area contributed by atoms with Crippen molar-refractivity contribution in [3.05, 3.63) is 35.5 Å². The molecule has 2 heterocycles. The average molecular weight is 347 g/mol. The Morgan fingerprint density at radius 2 is 2.04 bits per heavy atom. The van der Waals surface area contributed by atoms with Crippen molar-refractivity contribution in [3.8, 4) is 11.3 Å². The topological polar surface area (TPSA) is 36.4 Å². The van der Waals surface area contributed by atoms with E-state index in [0.29, 0.717) is 12.3 Å². The van der Waals surface area contributed by atoms with Crippen LogP contribution in [0.25, 0.3) is 11.3 Å². The standard InChI is InChI=1S/C18H22FN3OS/c1-13(2)10-17(23)21-6-8-22(9-7-21)18-20-16(12-24-18)14-4-3-5-15(19)11-14/h3-5,11-13H,6-10H2,1-2H3. The number of amides is 1. The monoisotopic (exact) mass is 347 g/mol. The highest BCUT2D eigenvalue weighted by atomic mass is 32.1. The molecule has 0 aliphatic carbocycles. The van der Waals surface area contributed by atoms with E-state index in [4.69, 9.17) is 0 Å². The van der Waals surface area contributed by atoms with Crippen LogP contribution in [0.2, 0.25) is 0 Å². The summed E-state index contributed by atoms with van der Waals surface area (Å²) in [7, 11) is 0. The summed E-state index contributed by atoms with van der Waals surface area (Å²) in [6, 6.07) is 6.50. The first-order valence-corrected chi connectivity index (χ1v) is 9.15. The Bertz CT molecular complexity index is 708. The molecule has 0 spiro atoms. The summed E-state index contributed by atoms with van der Waals surface area (Å²) in [4.78, 5) is 20.9. The van der Waals surface area contributed by atoms with Gasteiger partial charge in [-0.1, -0.05) is 26.0 Å². The summed E-state index contributed by atoms with van der Waals surface area (Å²) in [5, 5.41) is 2.89. The minimum Gasteiger partial charge on any atom is -0.345 e. The van der Waals surface area contributed by atoms with Gasteiger partial charge in [0, 0.05) is 43.5 Å². The zero-order chi connectivity index (χ0) is 17.1. The van der Waals surface area contributed by atoms with Gasteiger partial charge in [0.2, 0.25) is 5.91 Å². The second kappa shape index (κ2) is 7.30. The van der Waals surface area contributed by atoms with Gasteiger partial charge in [0.25, 0.3) is 0 Å². The van der Waals surface area contributed by atoms with Gasteiger partial charge in [-0.15, -0.1) is 11.3 Å². The molecule has 0 saturated carbocycles. The predicted molar refractivity (Wildman–Crippen MR) is 95.8 cm³/mol. The molecule has 0 unspecified atom stereocenters. The van der Waals surface area contributed by atoms with Crippen LogP contribution in [0.1, 0.15) is 20.3 Å². The lowest BCUT2D eigenvalue weighted by Gasteiger charge is -2.35. The van der Waals surface area contributed by atoms with Gasteiger partial charge in [-0.3, -0.25) is 4.79 Å². The fraction of sp³-hybridized carbons (Fsp3) is 0.444. The van der Waals surface area contributed by atoms with Crippen LogP contribution in [0.4, 0.5) is 9.52 Å². The molecule has 1 fully saturated rings. The number of aromatic nitrogens is 1. The molecular formula is C18H22FN3OS. The maximum Gasteiger partial charge on any atom is 0.222 e. The van der Waals surface area contributed by atoms with Crippen molar-refractivity contribution in [1.29, 1.82) is 0 Å². The zero-order valence-electron chi connectivity index (χ0n) is 14.0. The van der Waals surface area contributed by atoms with Crippen LogP contribution in [-0.2, 0) is 4.79 Å². The van der Waals surface area contributed by atoms with Gasteiger partial charge >= 0.3 is 0 Å². The molecule has 1 aromatic heterocycles. The van der Waals surface area contributed by atoms with E-state index in [1.807, 2.05) is 16.3 Å². The van der Waals surface area contributed by atoms with Crippen molar-refractivity contribution in [3.63, 3.8) is 0 Å². The smallest absolute Gasteiger partial charge is 0.222 e. The minimum atomic E-state index is -0.251. The number of rotatable bonds is 4. The number of halogens is 1. The third-order valence-corrected chi connectivity index (χ3v) is 5.00. The van der Waals surface area contributed by atoms with E-state index in [1.54, 1.807) is 17.4 Å². The van der Waals surface area contributed by atoms with Gasteiger partial charge in [-0.05, 0) is 18.1 Å². The van der Waals surface area contributed by atoms with E-state index in [2.05, 4.69) is 23.7 Å². The molecule has 4 nitrogen and oxygen atoms in total. The Hall–Kier alpha value is -1.95. The zero-order valence-corrected chi connectivity index (χ0v) is 14.9. The largest absolute Gasteiger partial charge is 0.345 e. The summed E-state index contributed by atoms with van der Waals surface area (Å²) in [5.74, 6) is 0.381. The van der Waals surface area contributed by atoms with Gasteiger partial charge in [0.15, 0.2) is 5.13 Å². The third kappa shape index (κ3) is 3.93. The van der Waals surface area contributed by atoms with Crippen LogP contribution in [0, 0.1) is 11.7 Å². The number of anilines is 1. The Balaban J connectivity index is 1.62. The van der Waals surface area contributed by atoms with E-state index in [9.17, 15) is 9.18 Å². The molecule has 1 aromatic carbocycles. The first-order chi connectivity index (χ1) is 11.5. The molecule has 0 atom stereocenters. The number of piperazine rings is 1. The summed E-state index contributed by atoms with van der Waals surface area (Å²) in [5.41, 5.74) is 1.59. The molecule has 1 amide bonds. The van der Waals surface area contributed by atoms with Crippen molar-refractivity contribution in [1.82, 2.24) is 9.88 Å². The maximum absolute atomic E-state index is 13.4. The van der Waals surface area contributed by atoms with Crippen molar-refractivity contribution < 1.29 is 9.18 Å². The van der Waals surface area contributed by atoms with E-state index >= 15 is 0 Å². The Morgan fingerprint density at radius 1 is 1.29 bits per heavy atom. The molecule has 1 aliphatic heterocycles. The van der Waals surface area contributed by atoms with E-state index in [-0.39, 0.29) is 11.7 Å². The normalized spacial score (nSPS) is 15.2. The lowest BCUT2D eigenvalue weighted by atomic mass is 10.1. The van der Waals surface area contributed by atoms with E-state index in [1.165, 1.54) is 12.1 Å². The maximum atomic E-state index is 13.4. The van der Waals surface area contributed by atoms with Crippen molar-refractivity contribution in [2.24, 2.45) is 5.92 Å². The van der Waals surface area contributed by atoms with E-state index in [0.717, 1.165) is 42.6 Å². The number of carbonyl (C=O) groups excluding carboxylic acids is 1. The molecule has 24 heavy (non-hydrogen) atoms. The van der Waals surface area contributed by atoms with Crippen LogP contribution in [0.3, 0.4) is 0 Å². The van der Waals surface area contributed by atoms with Crippen LogP contribution in [0.15, 0.2) is 29.6 Å². The lowest BCUT2D eigenvalue weighted by Crippen LogP contribution is -2.49. The Morgan fingerprint density at radius 3 is 2.71 bits per heavy atom. The summed E-state index contributed by atoms with van der Waals surface area (Å²) >= 11 is 1.57. The first kappa shape index (κ1) is 16.9. The van der Waals surface area contributed by atoms with Gasteiger partial charge in [0.1, 0.15) is 5.82 Å². The van der Waals surface area contributed by atoms with Crippen LogP contribution in [0.5, 0.6) is 0 Å². The second-order valence-corrected chi connectivity index (χ2v) is 7.33. The molecule has 0 bridgehead atoms. The van der Waals surface area contributed by atoms with Crippen LogP contribution < -0.4 is 4.90 Å². The van der Waals surface area contributed by atoms with Gasteiger partial charge in [-0.25, -0.2) is 9.37 Å². The fourth-order valence-corrected chi connectivity index (χ4v) is 3.70. The number of hydrogen-bond acceptors (Lipinski definition) is 4. The van der Waals surface area contributed by atoms with Gasteiger partial charge in [0.05, 0.1) is 5.69 Å². The Kier molecular flexibility index (Phi) is 5.14.